The third-order valence-corrected chi connectivity index (χ3v) is 3.62. The van der Waals surface area contributed by atoms with Gasteiger partial charge in [0.05, 0.1) is 6.10 Å². The molecule has 1 amide bonds. The van der Waals surface area contributed by atoms with Crippen molar-refractivity contribution in [2.75, 3.05) is 13.7 Å². The van der Waals surface area contributed by atoms with Crippen molar-refractivity contribution in [3.8, 4) is 5.75 Å². The lowest BCUT2D eigenvalue weighted by Crippen LogP contribution is -2.33. The maximum atomic E-state index is 11.8. The van der Waals surface area contributed by atoms with Crippen molar-refractivity contribution >= 4 is 5.91 Å². The Morgan fingerprint density at radius 1 is 1.40 bits per heavy atom. The lowest BCUT2D eigenvalue weighted by molar-refractivity contribution is -0.132. The summed E-state index contributed by atoms with van der Waals surface area (Å²) >= 11 is 0. The Labute approximate surface area is 120 Å². The Morgan fingerprint density at radius 3 is 2.60 bits per heavy atom. The van der Waals surface area contributed by atoms with Crippen molar-refractivity contribution in [2.24, 2.45) is 0 Å². The highest BCUT2D eigenvalue weighted by molar-refractivity contribution is 5.78. The predicted molar refractivity (Wildman–Crippen MR) is 77.7 cm³/mol. The number of benzene rings is 1. The summed E-state index contributed by atoms with van der Waals surface area (Å²) in [6.07, 6.45) is 3.55. The number of likely N-dealkylation sites (N-methyl/N-ethyl adjacent to an activating group) is 1. The van der Waals surface area contributed by atoms with Crippen LogP contribution in [0.1, 0.15) is 31.7 Å². The minimum Gasteiger partial charge on any atom is -0.484 e. The lowest BCUT2D eigenvalue weighted by atomic mass is 10.1. The first-order valence-electron chi connectivity index (χ1n) is 7.21. The summed E-state index contributed by atoms with van der Waals surface area (Å²) < 4.78 is 5.51. The zero-order valence-corrected chi connectivity index (χ0v) is 12.2. The van der Waals surface area contributed by atoms with Gasteiger partial charge in [0.25, 0.3) is 5.91 Å². The Bertz CT molecular complexity index is 438. The fourth-order valence-corrected chi connectivity index (χ4v) is 2.04. The van der Waals surface area contributed by atoms with Crippen molar-refractivity contribution in [3.05, 3.63) is 29.8 Å². The molecule has 0 saturated heterocycles. The summed E-state index contributed by atoms with van der Waals surface area (Å²) in [5, 5.41) is 9.25. The molecule has 1 fully saturated rings. The van der Waals surface area contributed by atoms with Gasteiger partial charge in [-0.2, -0.15) is 0 Å². The van der Waals surface area contributed by atoms with Gasteiger partial charge in [0, 0.05) is 13.1 Å². The largest absolute Gasteiger partial charge is 0.484 e. The van der Waals surface area contributed by atoms with E-state index >= 15 is 0 Å². The maximum Gasteiger partial charge on any atom is 0.260 e. The summed E-state index contributed by atoms with van der Waals surface area (Å²) in [5.74, 6) is 0.744. The normalized spacial score (nSPS) is 15.8. The molecule has 4 nitrogen and oxygen atoms in total. The van der Waals surface area contributed by atoms with Gasteiger partial charge in [0.1, 0.15) is 5.75 Å². The van der Waals surface area contributed by atoms with Crippen LogP contribution in [0.2, 0.25) is 0 Å². The molecule has 1 saturated carbocycles. The molecule has 0 aliphatic heterocycles. The highest BCUT2D eigenvalue weighted by atomic mass is 16.5. The topological polar surface area (TPSA) is 49.8 Å². The number of hydrogen-bond donors (Lipinski definition) is 1. The van der Waals surface area contributed by atoms with E-state index in [1.54, 1.807) is 11.8 Å². The monoisotopic (exact) mass is 277 g/mol. The summed E-state index contributed by atoms with van der Waals surface area (Å²) in [6.45, 7) is 1.89. The van der Waals surface area contributed by atoms with Crippen molar-refractivity contribution in [1.29, 1.82) is 0 Å². The van der Waals surface area contributed by atoms with E-state index in [1.807, 2.05) is 31.3 Å². The van der Waals surface area contributed by atoms with Crippen LogP contribution in [0, 0.1) is 0 Å². The predicted octanol–water partition coefficient (Wildman–Crippen LogP) is 2.00. The van der Waals surface area contributed by atoms with Crippen LogP contribution >= 0.6 is 0 Å². The molecule has 1 aliphatic carbocycles. The molecule has 1 aromatic rings. The average Bonchev–Trinajstić information content (AvgIpc) is 3.27. The van der Waals surface area contributed by atoms with E-state index < -0.39 is 0 Å². The number of ether oxygens (including phenoxy) is 1. The Hall–Kier alpha value is -1.55. The third kappa shape index (κ3) is 4.53. The van der Waals surface area contributed by atoms with E-state index in [2.05, 4.69) is 0 Å². The molecule has 4 heteroatoms. The first-order chi connectivity index (χ1) is 9.56. The van der Waals surface area contributed by atoms with Gasteiger partial charge in [-0.15, -0.1) is 0 Å². The molecule has 20 heavy (non-hydrogen) atoms. The van der Waals surface area contributed by atoms with Crippen LogP contribution in [0.15, 0.2) is 24.3 Å². The van der Waals surface area contributed by atoms with Crippen molar-refractivity contribution < 1.29 is 14.6 Å². The second kappa shape index (κ2) is 6.75. The van der Waals surface area contributed by atoms with E-state index in [0.29, 0.717) is 11.8 Å². The summed E-state index contributed by atoms with van der Waals surface area (Å²) in [5.41, 5.74) is 1.17. The zero-order chi connectivity index (χ0) is 14.5. The SMILES string of the molecule is CC(O)CCc1ccc(OCC(=O)N(C)C2CC2)cc1. The first-order valence-corrected chi connectivity index (χ1v) is 7.21. The Balaban J connectivity index is 1.76. The van der Waals surface area contributed by atoms with Crippen LogP contribution in [0.3, 0.4) is 0 Å². The minimum absolute atomic E-state index is 0.0330. The van der Waals surface area contributed by atoms with E-state index in [-0.39, 0.29) is 18.6 Å². The minimum atomic E-state index is -0.276. The van der Waals surface area contributed by atoms with Gasteiger partial charge in [-0.05, 0) is 50.3 Å². The molecule has 110 valence electrons. The van der Waals surface area contributed by atoms with Crippen LogP contribution in [0.4, 0.5) is 0 Å². The van der Waals surface area contributed by atoms with Gasteiger partial charge in [0.15, 0.2) is 6.61 Å². The average molecular weight is 277 g/mol. The number of carbonyl (C=O) groups is 1. The quantitative estimate of drug-likeness (QED) is 0.829. The number of aliphatic hydroxyl groups excluding tert-OH is 1. The van der Waals surface area contributed by atoms with Gasteiger partial charge in [0.2, 0.25) is 0 Å². The van der Waals surface area contributed by atoms with Crippen LogP contribution in [-0.2, 0) is 11.2 Å². The summed E-state index contributed by atoms with van der Waals surface area (Å²) in [7, 11) is 1.84. The molecule has 1 aromatic carbocycles. The number of carbonyl (C=O) groups excluding carboxylic acids is 1. The van der Waals surface area contributed by atoms with Gasteiger partial charge in [-0.3, -0.25) is 4.79 Å². The third-order valence-electron chi connectivity index (χ3n) is 3.62. The Kier molecular flexibility index (Phi) is 5.01. The van der Waals surface area contributed by atoms with Crippen LogP contribution in [0.25, 0.3) is 0 Å². The number of nitrogens with zero attached hydrogens (tertiary/aromatic N) is 1. The standard InChI is InChI=1S/C16H23NO3/c1-12(18)3-4-13-5-9-15(10-6-13)20-11-16(19)17(2)14-7-8-14/h5-6,9-10,12,14,18H,3-4,7-8,11H2,1-2H3. The maximum absolute atomic E-state index is 11.8. The van der Waals surface area contributed by atoms with Crippen molar-refractivity contribution in [2.45, 2.75) is 44.8 Å². The summed E-state index contributed by atoms with van der Waals surface area (Å²) in [4.78, 5) is 13.6. The molecular weight excluding hydrogens is 254 g/mol. The fraction of sp³-hybridized carbons (Fsp3) is 0.562. The van der Waals surface area contributed by atoms with Gasteiger partial charge >= 0.3 is 0 Å². The molecule has 1 aliphatic rings. The van der Waals surface area contributed by atoms with Crippen molar-refractivity contribution in [3.63, 3.8) is 0 Å². The van der Waals surface area contributed by atoms with Crippen LogP contribution in [-0.4, -0.2) is 41.7 Å². The molecule has 2 rings (SSSR count). The highest BCUT2D eigenvalue weighted by Gasteiger charge is 2.29. The van der Waals surface area contributed by atoms with E-state index in [1.165, 1.54) is 5.56 Å². The number of hydrogen-bond acceptors (Lipinski definition) is 3. The van der Waals surface area contributed by atoms with Crippen LogP contribution in [0.5, 0.6) is 5.75 Å². The molecule has 1 unspecified atom stereocenters. The van der Waals surface area contributed by atoms with Gasteiger partial charge < -0.3 is 14.7 Å². The first kappa shape index (κ1) is 14.9. The molecule has 0 aromatic heterocycles. The highest BCUT2D eigenvalue weighted by Crippen LogP contribution is 2.25. The Morgan fingerprint density at radius 2 is 2.05 bits per heavy atom. The second-order valence-corrected chi connectivity index (χ2v) is 5.56. The molecule has 0 radical (unpaired) electrons. The zero-order valence-electron chi connectivity index (χ0n) is 12.2. The van der Waals surface area contributed by atoms with Crippen molar-refractivity contribution in [1.82, 2.24) is 4.90 Å². The summed E-state index contributed by atoms with van der Waals surface area (Å²) in [6, 6.07) is 8.14. The van der Waals surface area contributed by atoms with Crippen LogP contribution < -0.4 is 4.74 Å². The smallest absolute Gasteiger partial charge is 0.260 e. The number of aryl methyl sites for hydroxylation is 1. The number of amides is 1. The molecule has 0 bridgehead atoms. The fourth-order valence-electron chi connectivity index (χ4n) is 2.04. The number of aliphatic hydroxyl groups is 1. The molecule has 0 heterocycles. The second-order valence-electron chi connectivity index (χ2n) is 5.56. The number of rotatable bonds is 7. The molecule has 1 N–H and O–H groups in total. The van der Waals surface area contributed by atoms with Gasteiger partial charge in [-0.25, -0.2) is 0 Å². The molecule has 1 atom stereocenters. The van der Waals surface area contributed by atoms with Gasteiger partial charge in [-0.1, -0.05) is 12.1 Å². The molecular formula is C16H23NO3. The lowest BCUT2D eigenvalue weighted by Gasteiger charge is -2.16. The van der Waals surface area contributed by atoms with E-state index in [0.717, 1.165) is 25.7 Å². The van der Waals surface area contributed by atoms with E-state index in [9.17, 15) is 9.90 Å². The molecule has 0 spiro atoms. The van der Waals surface area contributed by atoms with E-state index in [4.69, 9.17) is 4.74 Å².